The van der Waals surface area contributed by atoms with E-state index in [4.69, 9.17) is 16.3 Å². The third kappa shape index (κ3) is 5.08. The van der Waals surface area contributed by atoms with Gasteiger partial charge in [-0.25, -0.2) is 14.5 Å². The van der Waals surface area contributed by atoms with Gasteiger partial charge in [0.2, 0.25) is 11.4 Å². The number of H-pyrrole nitrogens is 1. The molecule has 0 spiro atoms. The Bertz CT molecular complexity index is 1010. The normalized spacial score (nSPS) is 13.3. The number of pyridine rings is 1. The number of halogens is 4. The van der Waals surface area contributed by atoms with Crippen LogP contribution < -0.4 is 9.30 Å². The van der Waals surface area contributed by atoms with Crippen molar-refractivity contribution in [3.63, 3.8) is 0 Å². The zero-order valence-corrected chi connectivity index (χ0v) is 17.9. The van der Waals surface area contributed by atoms with Gasteiger partial charge in [-0.3, -0.25) is 0 Å². The molecule has 160 valence electrons. The van der Waals surface area contributed by atoms with E-state index >= 15 is 0 Å². The highest BCUT2D eigenvalue weighted by Gasteiger charge is 2.49. The van der Waals surface area contributed by atoms with E-state index in [1.807, 2.05) is 17.7 Å². The number of aromatic nitrogens is 3. The summed E-state index contributed by atoms with van der Waals surface area (Å²) in [6.07, 6.45) is -4.02. The van der Waals surface area contributed by atoms with Crippen LogP contribution in [0.1, 0.15) is 13.8 Å². The largest absolute Gasteiger partial charge is 0.485 e. The summed E-state index contributed by atoms with van der Waals surface area (Å²) in [5, 5.41) is 11.7. The fraction of sp³-hybridized carbons (Fsp3) is 0.300. The van der Waals surface area contributed by atoms with E-state index in [9.17, 15) is 18.3 Å². The number of nitrogens with zero attached hydrogens (tertiary/aromatic N) is 2. The third-order valence-corrected chi connectivity index (χ3v) is 5.69. The molecule has 0 aliphatic heterocycles. The molecule has 0 amide bonds. The Hall–Kier alpha value is -2.23. The zero-order chi connectivity index (χ0) is 22.1. The average Bonchev–Trinajstić information content (AvgIpc) is 3.03. The summed E-state index contributed by atoms with van der Waals surface area (Å²) in [6, 6.07) is 10.2. The van der Waals surface area contributed by atoms with Gasteiger partial charge in [0.1, 0.15) is 16.4 Å². The van der Waals surface area contributed by atoms with Crippen LogP contribution in [0.25, 0.3) is 11.3 Å². The molecule has 0 bridgehead atoms. The number of hydrogen-bond donors (Lipinski definition) is 2. The lowest BCUT2D eigenvalue weighted by atomic mass is 10.0. The summed E-state index contributed by atoms with van der Waals surface area (Å²) in [4.78, 5) is 7.47. The molecule has 3 aromatic rings. The lowest BCUT2D eigenvalue weighted by Gasteiger charge is -2.32. The predicted molar refractivity (Wildman–Crippen MR) is 108 cm³/mol. The second kappa shape index (κ2) is 8.49. The first-order valence-electron chi connectivity index (χ1n) is 8.88. The van der Waals surface area contributed by atoms with Crippen molar-refractivity contribution < 1.29 is 27.6 Å². The molecule has 2 N–H and O–H groups in total. The number of aryl methyl sites for hydroxylation is 1. The summed E-state index contributed by atoms with van der Waals surface area (Å²) in [6.45, 7) is 2.38. The maximum Gasteiger partial charge on any atom is 0.418 e. The van der Waals surface area contributed by atoms with Gasteiger partial charge in [-0.15, -0.1) is 0 Å². The number of benzene rings is 1. The van der Waals surface area contributed by atoms with Crippen molar-refractivity contribution in [3.8, 4) is 17.0 Å². The Morgan fingerprint density at radius 1 is 1.17 bits per heavy atom. The van der Waals surface area contributed by atoms with Crippen molar-refractivity contribution in [1.82, 2.24) is 9.97 Å². The highest BCUT2D eigenvalue weighted by Crippen LogP contribution is 2.34. The maximum atomic E-state index is 12.8. The molecule has 0 radical (unpaired) electrons. The standard InChI is InChI=1S/C20H19ClF3N3O2S/c1-19(2,18(28)20(22,23)24)29-14-7-4-12(5-8-14)16-17(27(3)11-26-16)30-15-9-6-13(21)10-25-15/h4-11,18,28H,1-3H3/p+1. The van der Waals surface area contributed by atoms with E-state index in [-0.39, 0.29) is 5.75 Å². The number of imidazole rings is 1. The number of hydrogen-bond acceptors (Lipinski definition) is 4. The quantitative estimate of drug-likeness (QED) is 0.521. The Kier molecular flexibility index (Phi) is 6.35. The van der Waals surface area contributed by atoms with Crippen LogP contribution in [0.2, 0.25) is 5.02 Å². The van der Waals surface area contributed by atoms with Gasteiger partial charge in [0, 0.05) is 11.8 Å². The highest BCUT2D eigenvalue weighted by atomic mass is 35.5. The molecule has 1 unspecified atom stereocenters. The zero-order valence-electron chi connectivity index (χ0n) is 16.4. The van der Waals surface area contributed by atoms with Crippen molar-refractivity contribution in [2.24, 2.45) is 7.05 Å². The van der Waals surface area contributed by atoms with Crippen LogP contribution in [0.3, 0.4) is 0 Å². The molecule has 2 heterocycles. The molecule has 2 aromatic heterocycles. The van der Waals surface area contributed by atoms with E-state index in [2.05, 4.69) is 9.97 Å². The van der Waals surface area contributed by atoms with Gasteiger partial charge in [0.15, 0.2) is 11.8 Å². The Labute approximate surface area is 180 Å². The first kappa shape index (κ1) is 22.5. The summed E-state index contributed by atoms with van der Waals surface area (Å²) >= 11 is 7.33. The summed E-state index contributed by atoms with van der Waals surface area (Å²) in [5.41, 5.74) is -0.200. The SMILES string of the molecule is C[n+]1c[nH]c(-c2ccc(OC(C)(C)C(O)C(F)(F)F)cc2)c1Sc1ccc(Cl)cn1. The second-order valence-corrected chi connectivity index (χ2v) is 8.60. The summed E-state index contributed by atoms with van der Waals surface area (Å²) in [5.74, 6) is 0.219. The fourth-order valence-electron chi connectivity index (χ4n) is 2.75. The van der Waals surface area contributed by atoms with Crippen LogP contribution in [0, 0.1) is 0 Å². The first-order chi connectivity index (χ1) is 14.0. The predicted octanol–water partition coefficient (Wildman–Crippen LogP) is 4.79. The van der Waals surface area contributed by atoms with Gasteiger partial charge in [-0.2, -0.15) is 13.2 Å². The number of ether oxygens (including phenoxy) is 1. The molecule has 10 heteroatoms. The minimum atomic E-state index is -4.77. The first-order valence-corrected chi connectivity index (χ1v) is 10.1. The molecule has 1 atom stereocenters. The van der Waals surface area contributed by atoms with Gasteiger partial charge >= 0.3 is 6.18 Å². The summed E-state index contributed by atoms with van der Waals surface area (Å²) < 4.78 is 45.8. The average molecular weight is 459 g/mol. The van der Waals surface area contributed by atoms with Crippen LogP contribution in [-0.2, 0) is 7.05 Å². The Morgan fingerprint density at radius 3 is 2.40 bits per heavy atom. The minimum Gasteiger partial charge on any atom is -0.485 e. The number of aliphatic hydroxyl groups excluding tert-OH is 1. The number of nitrogens with one attached hydrogen (secondary N) is 1. The molecule has 0 saturated heterocycles. The minimum absolute atomic E-state index is 0.219. The van der Waals surface area contributed by atoms with Crippen LogP contribution >= 0.6 is 23.4 Å². The van der Waals surface area contributed by atoms with Crippen molar-refractivity contribution in [2.45, 2.75) is 41.8 Å². The van der Waals surface area contributed by atoms with E-state index in [0.29, 0.717) is 5.02 Å². The van der Waals surface area contributed by atoms with Crippen molar-refractivity contribution in [2.75, 3.05) is 0 Å². The lowest BCUT2D eigenvalue weighted by Crippen LogP contribution is -2.50. The molecular formula is C20H20ClF3N3O2S+. The van der Waals surface area contributed by atoms with Crippen LogP contribution in [-0.4, -0.2) is 33.0 Å². The van der Waals surface area contributed by atoms with Crippen LogP contribution in [0.15, 0.2) is 59.0 Å². The van der Waals surface area contributed by atoms with E-state index in [1.54, 1.807) is 42.9 Å². The summed E-state index contributed by atoms with van der Waals surface area (Å²) in [7, 11) is 1.89. The topological polar surface area (TPSA) is 62.0 Å². The lowest BCUT2D eigenvalue weighted by molar-refractivity contribution is -0.706. The second-order valence-electron chi connectivity index (χ2n) is 7.16. The number of aromatic amines is 1. The van der Waals surface area contributed by atoms with E-state index in [0.717, 1.165) is 21.3 Å². The van der Waals surface area contributed by atoms with Crippen molar-refractivity contribution >= 4 is 23.4 Å². The molecule has 5 nitrogen and oxygen atoms in total. The van der Waals surface area contributed by atoms with Crippen molar-refractivity contribution in [3.05, 3.63) is 53.9 Å². The monoisotopic (exact) mass is 458 g/mol. The van der Waals surface area contributed by atoms with Gasteiger partial charge in [0.25, 0.3) is 0 Å². The Balaban J connectivity index is 1.81. The molecule has 0 aliphatic carbocycles. The number of rotatable bonds is 6. The van der Waals surface area contributed by atoms with E-state index in [1.165, 1.54) is 25.6 Å². The molecule has 0 aliphatic rings. The fourth-order valence-corrected chi connectivity index (χ4v) is 3.78. The van der Waals surface area contributed by atoms with Crippen LogP contribution in [0.4, 0.5) is 13.2 Å². The molecule has 30 heavy (non-hydrogen) atoms. The van der Waals surface area contributed by atoms with Gasteiger partial charge in [-0.05, 0) is 62.0 Å². The molecular weight excluding hydrogens is 439 g/mol. The molecule has 1 aromatic carbocycles. The van der Waals surface area contributed by atoms with Gasteiger partial charge in [0.05, 0.1) is 12.1 Å². The van der Waals surface area contributed by atoms with Crippen molar-refractivity contribution in [1.29, 1.82) is 0 Å². The van der Waals surface area contributed by atoms with E-state index < -0.39 is 17.9 Å². The molecule has 3 rings (SSSR count). The Morgan fingerprint density at radius 2 is 1.83 bits per heavy atom. The molecule has 0 saturated carbocycles. The van der Waals surface area contributed by atoms with Crippen LogP contribution in [0.5, 0.6) is 5.75 Å². The number of aliphatic hydroxyl groups is 1. The number of alkyl halides is 3. The maximum absolute atomic E-state index is 12.8. The smallest absolute Gasteiger partial charge is 0.418 e. The third-order valence-electron chi connectivity index (χ3n) is 4.33. The van der Waals surface area contributed by atoms with Gasteiger partial charge in [-0.1, -0.05) is 11.6 Å². The molecule has 0 fully saturated rings. The van der Waals surface area contributed by atoms with Gasteiger partial charge < -0.3 is 9.84 Å². The highest BCUT2D eigenvalue weighted by molar-refractivity contribution is 7.99.